The lowest BCUT2D eigenvalue weighted by Gasteiger charge is -2.07. The molecule has 20 heavy (non-hydrogen) atoms. The first kappa shape index (κ1) is 16.2. The zero-order valence-corrected chi connectivity index (χ0v) is 11.8. The summed E-state index contributed by atoms with van der Waals surface area (Å²) in [5.74, 6) is -0.274. The van der Waals surface area contributed by atoms with Gasteiger partial charge in [-0.3, -0.25) is 9.59 Å². The van der Waals surface area contributed by atoms with Crippen molar-refractivity contribution in [1.82, 2.24) is 10.6 Å². The van der Waals surface area contributed by atoms with E-state index in [9.17, 15) is 9.59 Å². The van der Waals surface area contributed by atoms with E-state index >= 15 is 0 Å². The SMILES string of the molecule is CCCC(=O)NCC(=O)NCCc1ccc(CO)cc1. The Labute approximate surface area is 119 Å². The molecular formula is C15H22N2O3. The molecule has 2 amide bonds. The van der Waals surface area contributed by atoms with E-state index in [-0.39, 0.29) is 25.0 Å². The molecule has 110 valence electrons. The van der Waals surface area contributed by atoms with Crippen molar-refractivity contribution in [2.24, 2.45) is 0 Å². The van der Waals surface area contributed by atoms with Crippen LogP contribution in [-0.4, -0.2) is 30.0 Å². The molecule has 0 aliphatic carbocycles. The summed E-state index contributed by atoms with van der Waals surface area (Å²) in [6.45, 7) is 2.51. The molecular weight excluding hydrogens is 256 g/mol. The smallest absolute Gasteiger partial charge is 0.239 e. The number of amides is 2. The lowest BCUT2D eigenvalue weighted by Crippen LogP contribution is -2.37. The fourth-order valence-corrected chi connectivity index (χ4v) is 1.71. The van der Waals surface area contributed by atoms with Gasteiger partial charge in [-0.05, 0) is 24.0 Å². The van der Waals surface area contributed by atoms with Crippen LogP contribution in [0.25, 0.3) is 0 Å². The molecule has 0 aliphatic rings. The summed E-state index contributed by atoms with van der Waals surface area (Å²) < 4.78 is 0. The van der Waals surface area contributed by atoms with Gasteiger partial charge in [0, 0.05) is 13.0 Å². The van der Waals surface area contributed by atoms with Gasteiger partial charge in [-0.15, -0.1) is 0 Å². The van der Waals surface area contributed by atoms with Crippen LogP contribution in [0.1, 0.15) is 30.9 Å². The number of carbonyl (C=O) groups excluding carboxylic acids is 2. The monoisotopic (exact) mass is 278 g/mol. The summed E-state index contributed by atoms with van der Waals surface area (Å²) >= 11 is 0. The van der Waals surface area contributed by atoms with E-state index in [0.717, 1.165) is 24.0 Å². The van der Waals surface area contributed by atoms with Crippen LogP contribution in [0.2, 0.25) is 0 Å². The molecule has 1 aromatic rings. The molecule has 1 rings (SSSR count). The number of rotatable bonds is 8. The molecule has 1 aromatic carbocycles. The van der Waals surface area contributed by atoms with Gasteiger partial charge < -0.3 is 15.7 Å². The molecule has 3 N–H and O–H groups in total. The van der Waals surface area contributed by atoms with Gasteiger partial charge in [0.25, 0.3) is 0 Å². The van der Waals surface area contributed by atoms with Gasteiger partial charge in [-0.2, -0.15) is 0 Å². The number of hydrogen-bond acceptors (Lipinski definition) is 3. The third-order valence-electron chi connectivity index (χ3n) is 2.86. The lowest BCUT2D eigenvalue weighted by molar-refractivity contribution is -0.126. The van der Waals surface area contributed by atoms with Gasteiger partial charge in [0.2, 0.25) is 11.8 Å². The molecule has 0 radical (unpaired) electrons. The molecule has 0 aromatic heterocycles. The van der Waals surface area contributed by atoms with Crippen LogP contribution in [0.5, 0.6) is 0 Å². The highest BCUT2D eigenvalue weighted by Crippen LogP contribution is 2.04. The number of hydrogen-bond donors (Lipinski definition) is 3. The van der Waals surface area contributed by atoms with E-state index in [1.807, 2.05) is 31.2 Å². The summed E-state index contributed by atoms with van der Waals surface area (Å²) in [5, 5.41) is 14.3. The fraction of sp³-hybridized carbons (Fsp3) is 0.467. The van der Waals surface area contributed by atoms with Crippen molar-refractivity contribution in [3.8, 4) is 0 Å². The first-order valence-corrected chi connectivity index (χ1v) is 6.87. The largest absolute Gasteiger partial charge is 0.392 e. The van der Waals surface area contributed by atoms with Gasteiger partial charge >= 0.3 is 0 Å². The lowest BCUT2D eigenvalue weighted by atomic mass is 10.1. The van der Waals surface area contributed by atoms with Crippen molar-refractivity contribution in [1.29, 1.82) is 0 Å². The first-order valence-electron chi connectivity index (χ1n) is 6.87. The van der Waals surface area contributed by atoms with Gasteiger partial charge in [0.05, 0.1) is 13.2 Å². The van der Waals surface area contributed by atoms with E-state index < -0.39 is 0 Å². The van der Waals surface area contributed by atoms with Crippen molar-refractivity contribution >= 4 is 11.8 Å². The summed E-state index contributed by atoms with van der Waals surface area (Å²) in [4.78, 5) is 22.7. The minimum Gasteiger partial charge on any atom is -0.392 e. The quantitative estimate of drug-likeness (QED) is 0.657. The van der Waals surface area contributed by atoms with E-state index in [4.69, 9.17) is 5.11 Å². The number of aliphatic hydroxyl groups excluding tert-OH is 1. The predicted molar refractivity (Wildman–Crippen MR) is 77.0 cm³/mol. The van der Waals surface area contributed by atoms with E-state index in [2.05, 4.69) is 10.6 Å². The Morgan fingerprint density at radius 3 is 2.30 bits per heavy atom. The van der Waals surface area contributed by atoms with Crippen LogP contribution in [0, 0.1) is 0 Å². The standard InChI is InChI=1S/C15H22N2O3/c1-2-3-14(19)17-10-15(20)16-9-8-12-4-6-13(11-18)7-5-12/h4-7,18H,2-3,8-11H2,1H3,(H,16,20)(H,17,19). The highest BCUT2D eigenvalue weighted by Gasteiger charge is 2.04. The van der Waals surface area contributed by atoms with E-state index in [0.29, 0.717) is 13.0 Å². The van der Waals surface area contributed by atoms with E-state index in [1.165, 1.54) is 0 Å². The molecule has 0 unspecified atom stereocenters. The van der Waals surface area contributed by atoms with Crippen LogP contribution >= 0.6 is 0 Å². The highest BCUT2D eigenvalue weighted by molar-refractivity contribution is 5.84. The average Bonchev–Trinajstić information content (AvgIpc) is 2.46. The van der Waals surface area contributed by atoms with Crippen molar-refractivity contribution in [3.05, 3.63) is 35.4 Å². The van der Waals surface area contributed by atoms with Crippen molar-refractivity contribution in [3.63, 3.8) is 0 Å². The Hall–Kier alpha value is -1.88. The normalized spacial score (nSPS) is 10.1. The van der Waals surface area contributed by atoms with Crippen LogP contribution in [-0.2, 0) is 22.6 Å². The van der Waals surface area contributed by atoms with Crippen molar-refractivity contribution in [2.75, 3.05) is 13.1 Å². The number of nitrogens with one attached hydrogen (secondary N) is 2. The maximum atomic E-state index is 11.5. The van der Waals surface area contributed by atoms with Gasteiger partial charge in [0.15, 0.2) is 0 Å². The van der Waals surface area contributed by atoms with Crippen LogP contribution in [0.4, 0.5) is 0 Å². The summed E-state index contributed by atoms with van der Waals surface area (Å²) in [6.07, 6.45) is 1.95. The topological polar surface area (TPSA) is 78.4 Å². The molecule has 0 atom stereocenters. The number of benzene rings is 1. The minimum absolute atomic E-state index is 0.0300. The molecule has 0 aliphatic heterocycles. The van der Waals surface area contributed by atoms with Gasteiger partial charge in [-0.1, -0.05) is 31.2 Å². The maximum Gasteiger partial charge on any atom is 0.239 e. The van der Waals surface area contributed by atoms with Gasteiger partial charge in [0.1, 0.15) is 0 Å². The van der Waals surface area contributed by atoms with Crippen molar-refractivity contribution < 1.29 is 14.7 Å². The maximum absolute atomic E-state index is 11.5. The number of aliphatic hydroxyl groups is 1. The molecule has 5 nitrogen and oxygen atoms in total. The second-order valence-electron chi connectivity index (χ2n) is 4.60. The molecule has 0 saturated carbocycles. The third-order valence-corrected chi connectivity index (χ3v) is 2.86. The molecule has 0 spiro atoms. The first-order chi connectivity index (χ1) is 9.65. The second kappa shape index (κ2) is 9.09. The Kier molecular flexibility index (Phi) is 7.35. The summed E-state index contributed by atoms with van der Waals surface area (Å²) in [7, 11) is 0. The zero-order chi connectivity index (χ0) is 14.8. The summed E-state index contributed by atoms with van der Waals surface area (Å²) in [6, 6.07) is 7.59. The van der Waals surface area contributed by atoms with Crippen LogP contribution in [0.15, 0.2) is 24.3 Å². The Bertz CT molecular complexity index is 429. The van der Waals surface area contributed by atoms with Gasteiger partial charge in [-0.25, -0.2) is 0 Å². The highest BCUT2D eigenvalue weighted by atomic mass is 16.3. The molecule has 0 fully saturated rings. The minimum atomic E-state index is -0.179. The summed E-state index contributed by atoms with van der Waals surface area (Å²) in [5.41, 5.74) is 1.97. The van der Waals surface area contributed by atoms with Crippen LogP contribution in [0.3, 0.4) is 0 Å². The molecule has 5 heteroatoms. The molecule has 0 bridgehead atoms. The predicted octanol–water partition coefficient (Wildman–Crippen LogP) is 0.754. The molecule has 0 heterocycles. The Morgan fingerprint density at radius 1 is 1.05 bits per heavy atom. The third kappa shape index (κ3) is 6.33. The Morgan fingerprint density at radius 2 is 1.70 bits per heavy atom. The van der Waals surface area contributed by atoms with E-state index in [1.54, 1.807) is 0 Å². The zero-order valence-electron chi connectivity index (χ0n) is 11.8. The fourth-order valence-electron chi connectivity index (χ4n) is 1.71. The molecule has 0 saturated heterocycles. The average molecular weight is 278 g/mol. The Balaban J connectivity index is 2.19. The van der Waals surface area contributed by atoms with Crippen molar-refractivity contribution in [2.45, 2.75) is 32.8 Å². The number of carbonyl (C=O) groups is 2. The second-order valence-corrected chi connectivity index (χ2v) is 4.60. The van der Waals surface area contributed by atoms with Crippen LogP contribution < -0.4 is 10.6 Å².